The van der Waals surface area contributed by atoms with Gasteiger partial charge in [0.1, 0.15) is 11.5 Å². The normalized spacial score (nSPS) is 11.9. The molecule has 3 aromatic heterocycles. The van der Waals surface area contributed by atoms with Gasteiger partial charge in [-0.2, -0.15) is 0 Å². The van der Waals surface area contributed by atoms with Gasteiger partial charge in [0.2, 0.25) is 0 Å². The summed E-state index contributed by atoms with van der Waals surface area (Å²) in [6, 6.07) is 6.26. The van der Waals surface area contributed by atoms with Crippen LogP contribution < -0.4 is 0 Å². The van der Waals surface area contributed by atoms with Gasteiger partial charge in [-0.3, -0.25) is 9.59 Å². The summed E-state index contributed by atoms with van der Waals surface area (Å²) in [5, 5.41) is 1.82. The summed E-state index contributed by atoms with van der Waals surface area (Å²) < 4.78 is 11.9. The number of rotatable bonds is 7. The van der Waals surface area contributed by atoms with Crippen molar-refractivity contribution in [2.24, 2.45) is 7.05 Å². The Hall–Kier alpha value is -3.13. The number of carbonyl (C=O) groups is 3. The Kier molecular flexibility index (Phi) is 6.26. The van der Waals surface area contributed by atoms with Gasteiger partial charge in [0.05, 0.1) is 30.8 Å². The third kappa shape index (κ3) is 3.82. The highest BCUT2D eigenvalue weighted by atomic mass is 32.1. The van der Waals surface area contributed by atoms with Gasteiger partial charge in [-0.1, -0.05) is 6.07 Å². The molecule has 0 saturated heterocycles. The molecule has 1 amide bonds. The van der Waals surface area contributed by atoms with Crippen LogP contribution in [0.1, 0.15) is 54.5 Å². The van der Waals surface area contributed by atoms with Crippen LogP contribution in [0, 0.1) is 13.8 Å². The highest BCUT2D eigenvalue weighted by molar-refractivity contribution is 7.12. The Morgan fingerprint density at radius 2 is 1.97 bits per heavy atom. The number of hydrogen-bond acceptors (Lipinski definition) is 6. The number of esters is 1. The van der Waals surface area contributed by atoms with Crippen LogP contribution >= 0.6 is 11.3 Å². The Morgan fingerprint density at radius 1 is 1.23 bits per heavy atom. The SMILES string of the molecule is COC(=O)c1c(C)c(C(=O)[C@H](C)N(Cc2ccco2)C(=O)c2cccs2)c(C)n1C. The molecule has 0 fully saturated rings. The number of Topliss-reactive ketones (excluding diaryl/α,β-unsaturated/α-hetero) is 1. The Bertz CT molecular complexity index is 1060. The van der Waals surface area contributed by atoms with E-state index in [4.69, 9.17) is 9.15 Å². The summed E-state index contributed by atoms with van der Waals surface area (Å²) in [6.07, 6.45) is 1.53. The van der Waals surface area contributed by atoms with Crippen molar-refractivity contribution < 1.29 is 23.5 Å². The van der Waals surface area contributed by atoms with Crippen molar-refractivity contribution in [2.45, 2.75) is 33.4 Å². The summed E-state index contributed by atoms with van der Waals surface area (Å²) >= 11 is 1.32. The van der Waals surface area contributed by atoms with Gasteiger partial charge in [-0.15, -0.1) is 11.3 Å². The first-order valence-electron chi connectivity index (χ1n) is 9.43. The number of thiophene rings is 1. The summed E-state index contributed by atoms with van der Waals surface area (Å²) in [5.41, 5.74) is 1.94. The predicted octanol–water partition coefficient (Wildman–Crippen LogP) is 4.00. The quantitative estimate of drug-likeness (QED) is 0.420. The molecule has 3 rings (SSSR count). The molecule has 0 aliphatic carbocycles. The van der Waals surface area contributed by atoms with Crippen molar-refractivity contribution in [1.82, 2.24) is 9.47 Å². The zero-order chi connectivity index (χ0) is 22.0. The second kappa shape index (κ2) is 8.71. The molecule has 3 aromatic rings. The third-order valence-electron chi connectivity index (χ3n) is 5.30. The van der Waals surface area contributed by atoms with E-state index in [2.05, 4.69) is 0 Å². The molecule has 7 nitrogen and oxygen atoms in total. The van der Waals surface area contributed by atoms with Gasteiger partial charge in [0, 0.05) is 18.3 Å². The average molecular weight is 429 g/mol. The van der Waals surface area contributed by atoms with E-state index in [1.807, 2.05) is 5.38 Å². The first kappa shape index (κ1) is 21.6. The fourth-order valence-electron chi connectivity index (χ4n) is 3.57. The van der Waals surface area contributed by atoms with Crippen molar-refractivity contribution in [1.29, 1.82) is 0 Å². The van der Waals surface area contributed by atoms with Gasteiger partial charge >= 0.3 is 5.97 Å². The van der Waals surface area contributed by atoms with Crippen molar-refractivity contribution >= 4 is 29.0 Å². The second-order valence-corrected chi connectivity index (χ2v) is 7.96. The maximum Gasteiger partial charge on any atom is 0.354 e. The van der Waals surface area contributed by atoms with E-state index in [1.165, 1.54) is 29.6 Å². The van der Waals surface area contributed by atoms with Crippen molar-refractivity contribution in [3.05, 3.63) is 69.1 Å². The number of ketones is 1. The van der Waals surface area contributed by atoms with E-state index >= 15 is 0 Å². The van der Waals surface area contributed by atoms with Gasteiger partial charge in [-0.25, -0.2) is 4.79 Å². The summed E-state index contributed by atoms with van der Waals surface area (Å²) in [4.78, 5) is 40.9. The molecule has 0 radical (unpaired) electrons. The lowest BCUT2D eigenvalue weighted by molar-refractivity contribution is 0.0587. The molecule has 0 N–H and O–H groups in total. The highest BCUT2D eigenvalue weighted by Gasteiger charge is 2.33. The Balaban J connectivity index is 2.00. The predicted molar refractivity (Wildman–Crippen MR) is 113 cm³/mol. The zero-order valence-corrected chi connectivity index (χ0v) is 18.4. The summed E-state index contributed by atoms with van der Waals surface area (Å²) in [5.74, 6) is -0.419. The molecule has 0 aliphatic rings. The van der Waals surface area contributed by atoms with Crippen molar-refractivity contribution in [3.63, 3.8) is 0 Å². The third-order valence-corrected chi connectivity index (χ3v) is 6.16. The van der Waals surface area contributed by atoms with Crippen LogP contribution in [0.3, 0.4) is 0 Å². The van der Waals surface area contributed by atoms with Crippen LogP contribution in [0.5, 0.6) is 0 Å². The van der Waals surface area contributed by atoms with Crippen LogP contribution in [-0.2, 0) is 18.3 Å². The van der Waals surface area contributed by atoms with Crippen LogP contribution in [0.4, 0.5) is 0 Å². The lowest BCUT2D eigenvalue weighted by Crippen LogP contribution is -2.42. The van der Waals surface area contributed by atoms with Gasteiger partial charge in [0.15, 0.2) is 5.78 Å². The molecule has 0 aromatic carbocycles. The van der Waals surface area contributed by atoms with E-state index in [0.717, 1.165) is 0 Å². The molecule has 0 spiro atoms. The Morgan fingerprint density at radius 3 is 2.53 bits per heavy atom. The van der Waals surface area contributed by atoms with Crippen molar-refractivity contribution in [3.8, 4) is 0 Å². The number of furan rings is 1. The molecule has 0 bridgehead atoms. The van der Waals surface area contributed by atoms with Gasteiger partial charge in [-0.05, 0) is 49.9 Å². The van der Waals surface area contributed by atoms with Gasteiger partial charge in [0.25, 0.3) is 5.91 Å². The minimum atomic E-state index is -0.769. The van der Waals surface area contributed by atoms with Crippen molar-refractivity contribution in [2.75, 3.05) is 7.11 Å². The molecular weight excluding hydrogens is 404 g/mol. The monoisotopic (exact) mass is 428 g/mol. The zero-order valence-electron chi connectivity index (χ0n) is 17.6. The smallest absolute Gasteiger partial charge is 0.354 e. The molecule has 0 saturated carbocycles. The number of hydrogen-bond donors (Lipinski definition) is 0. The summed E-state index contributed by atoms with van der Waals surface area (Å²) in [7, 11) is 3.02. The minimum absolute atomic E-state index is 0.158. The number of amides is 1. The standard InChI is InChI=1S/C22H24N2O5S/c1-13-18(14(2)23(4)19(13)22(27)28-5)20(25)15(3)24(12-16-8-6-10-29-16)21(26)17-9-7-11-30-17/h6-11,15H,12H2,1-5H3/t15-/m0/s1. The number of nitrogens with zero attached hydrogens (tertiary/aromatic N) is 2. The molecular formula is C22H24N2O5S. The second-order valence-electron chi connectivity index (χ2n) is 7.01. The molecule has 0 unspecified atom stereocenters. The molecule has 0 aliphatic heterocycles. The highest BCUT2D eigenvalue weighted by Crippen LogP contribution is 2.26. The minimum Gasteiger partial charge on any atom is -0.467 e. The van der Waals surface area contributed by atoms with Crippen LogP contribution in [0.15, 0.2) is 40.3 Å². The fraction of sp³-hybridized carbons (Fsp3) is 0.318. The molecule has 30 heavy (non-hydrogen) atoms. The molecule has 158 valence electrons. The van der Waals surface area contributed by atoms with Crippen LogP contribution in [0.25, 0.3) is 0 Å². The fourth-order valence-corrected chi connectivity index (χ4v) is 4.25. The number of carbonyl (C=O) groups excluding carboxylic acids is 3. The maximum absolute atomic E-state index is 13.5. The number of ether oxygens (including phenoxy) is 1. The molecule has 8 heteroatoms. The van der Waals surface area contributed by atoms with E-state index in [0.29, 0.717) is 33.2 Å². The maximum atomic E-state index is 13.5. The lowest BCUT2D eigenvalue weighted by Gasteiger charge is -2.27. The first-order chi connectivity index (χ1) is 14.3. The van der Waals surface area contributed by atoms with E-state index < -0.39 is 12.0 Å². The largest absolute Gasteiger partial charge is 0.467 e. The summed E-state index contributed by atoms with van der Waals surface area (Å²) in [6.45, 7) is 5.35. The van der Waals surface area contributed by atoms with Crippen LogP contribution in [0.2, 0.25) is 0 Å². The topological polar surface area (TPSA) is 81.8 Å². The lowest BCUT2D eigenvalue weighted by atomic mass is 9.99. The Labute approximate surface area is 178 Å². The van der Waals surface area contributed by atoms with Crippen LogP contribution in [-0.4, -0.2) is 40.3 Å². The molecule has 3 heterocycles. The first-order valence-corrected chi connectivity index (χ1v) is 10.3. The molecule has 1 atom stereocenters. The van der Waals surface area contributed by atoms with E-state index in [-0.39, 0.29) is 18.2 Å². The van der Waals surface area contributed by atoms with E-state index in [1.54, 1.807) is 56.7 Å². The number of aromatic nitrogens is 1. The van der Waals surface area contributed by atoms with E-state index in [9.17, 15) is 14.4 Å². The number of methoxy groups -OCH3 is 1. The average Bonchev–Trinajstić information content (AvgIpc) is 3.47. The van der Waals surface area contributed by atoms with Gasteiger partial charge < -0.3 is 18.6 Å².